The molecule has 13 heavy (non-hydrogen) atoms. The lowest BCUT2D eigenvalue weighted by Crippen LogP contribution is -2.40. The summed E-state index contributed by atoms with van der Waals surface area (Å²) in [5.74, 6) is -0.0656. The van der Waals surface area contributed by atoms with Crippen LogP contribution >= 0.6 is 12.2 Å². The Bertz CT molecular complexity index is 257. The molecule has 2 aliphatic rings. The van der Waals surface area contributed by atoms with Crippen molar-refractivity contribution in [3.05, 3.63) is 0 Å². The standard InChI is InChI=1S/C8H12N2O2S/c1-4-2-3-5(12-4)6-7(11)10-8(13)9-6/h4-6H,2-3H2,1H3,(H2,9,10,11,13). The van der Waals surface area contributed by atoms with Crippen LogP contribution in [0.15, 0.2) is 0 Å². The maximum Gasteiger partial charge on any atom is 0.251 e. The van der Waals surface area contributed by atoms with Crippen molar-refractivity contribution in [1.82, 2.24) is 10.6 Å². The van der Waals surface area contributed by atoms with Crippen molar-refractivity contribution in [3.8, 4) is 0 Å². The van der Waals surface area contributed by atoms with Crippen LogP contribution in [-0.4, -0.2) is 29.3 Å². The Morgan fingerprint density at radius 3 is 2.77 bits per heavy atom. The van der Waals surface area contributed by atoms with E-state index in [0.29, 0.717) is 5.11 Å². The van der Waals surface area contributed by atoms with E-state index in [1.807, 2.05) is 6.92 Å². The van der Waals surface area contributed by atoms with E-state index in [1.165, 1.54) is 0 Å². The largest absolute Gasteiger partial charge is 0.373 e. The Hall–Kier alpha value is -0.680. The lowest BCUT2D eigenvalue weighted by molar-refractivity contribution is -0.123. The molecule has 72 valence electrons. The molecule has 0 bridgehead atoms. The molecule has 2 heterocycles. The molecule has 0 saturated carbocycles. The van der Waals surface area contributed by atoms with Gasteiger partial charge in [0.2, 0.25) is 0 Å². The van der Waals surface area contributed by atoms with Crippen LogP contribution in [0.5, 0.6) is 0 Å². The van der Waals surface area contributed by atoms with E-state index in [2.05, 4.69) is 10.6 Å². The van der Waals surface area contributed by atoms with Crippen molar-refractivity contribution >= 4 is 23.2 Å². The SMILES string of the molecule is CC1CCC(C2NC(=S)NC2=O)O1. The first-order chi connectivity index (χ1) is 6.16. The molecule has 0 radical (unpaired) electrons. The highest BCUT2D eigenvalue weighted by Gasteiger charge is 2.38. The first-order valence-electron chi connectivity index (χ1n) is 4.43. The quantitative estimate of drug-likeness (QED) is 0.582. The van der Waals surface area contributed by atoms with Gasteiger partial charge in [0, 0.05) is 0 Å². The van der Waals surface area contributed by atoms with Gasteiger partial charge in [-0.15, -0.1) is 0 Å². The number of hydrogen-bond acceptors (Lipinski definition) is 3. The van der Waals surface area contributed by atoms with Crippen molar-refractivity contribution in [1.29, 1.82) is 0 Å². The summed E-state index contributed by atoms with van der Waals surface area (Å²) < 4.78 is 5.58. The minimum Gasteiger partial charge on any atom is -0.373 e. The van der Waals surface area contributed by atoms with Gasteiger partial charge in [-0.05, 0) is 32.0 Å². The molecule has 2 N–H and O–H groups in total. The van der Waals surface area contributed by atoms with Gasteiger partial charge in [-0.1, -0.05) is 0 Å². The van der Waals surface area contributed by atoms with Gasteiger partial charge in [-0.2, -0.15) is 0 Å². The van der Waals surface area contributed by atoms with E-state index in [0.717, 1.165) is 12.8 Å². The molecule has 3 atom stereocenters. The van der Waals surface area contributed by atoms with E-state index in [9.17, 15) is 4.79 Å². The minimum atomic E-state index is -0.280. The summed E-state index contributed by atoms with van der Waals surface area (Å²) >= 11 is 4.84. The molecule has 0 spiro atoms. The first kappa shape index (κ1) is 8.90. The van der Waals surface area contributed by atoms with Crippen LogP contribution in [0, 0.1) is 0 Å². The summed E-state index contributed by atoms with van der Waals surface area (Å²) in [6.07, 6.45) is 2.18. The van der Waals surface area contributed by atoms with Crippen LogP contribution < -0.4 is 10.6 Å². The third-order valence-electron chi connectivity index (χ3n) is 2.44. The summed E-state index contributed by atoms with van der Waals surface area (Å²) in [5, 5.41) is 5.89. The van der Waals surface area contributed by atoms with E-state index < -0.39 is 0 Å². The lowest BCUT2D eigenvalue weighted by Gasteiger charge is -2.15. The van der Waals surface area contributed by atoms with Crippen LogP contribution in [0.2, 0.25) is 0 Å². The smallest absolute Gasteiger partial charge is 0.251 e. The number of carbonyl (C=O) groups excluding carboxylic acids is 1. The Balaban J connectivity index is 2.01. The molecular formula is C8H12N2O2S. The maximum absolute atomic E-state index is 11.3. The highest BCUT2D eigenvalue weighted by atomic mass is 32.1. The predicted octanol–water partition coefficient (Wildman–Crippen LogP) is -0.0732. The van der Waals surface area contributed by atoms with Crippen molar-refractivity contribution in [2.24, 2.45) is 0 Å². The number of rotatable bonds is 1. The van der Waals surface area contributed by atoms with Crippen LogP contribution in [0.1, 0.15) is 19.8 Å². The molecule has 5 heteroatoms. The van der Waals surface area contributed by atoms with Crippen molar-refractivity contribution < 1.29 is 9.53 Å². The van der Waals surface area contributed by atoms with Gasteiger partial charge >= 0.3 is 0 Å². The minimum absolute atomic E-state index is 0.0181. The number of carbonyl (C=O) groups is 1. The Morgan fingerprint density at radius 1 is 1.54 bits per heavy atom. The Morgan fingerprint density at radius 2 is 2.31 bits per heavy atom. The normalized spacial score (nSPS) is 39.0. The zero-order valence-corrected chi connectivity index (χ0v) is 8.19. The van der Waals surface area contributed by atoms with Crippen LogP contribution in [0.25, 0.3) is 0 Å². The summed E-state index contributed by atoms with van der Waals surface area (Å²) in [7, 11) is 0. The monoisotopic (exact) mass is 200 g/mol. The van der Waals surface area contributed by atoms with Gasteiger partial charge in [0.15, 0.2) is 5.11 Å². The summed E-state index contributed by atoms with van der Waals surface area (Å²) in [4.78, 5) is 11.3. The molecule has 0 aromatic rings. The summed E-state index contributed by atoms with van der Waals surface area (Å²) in [6, 6.07) is -0.280. The van der Waals surface area contributed by atoms with Crippen molar-refractivity contribution in [3.63, 3.8) is 0 Å². The summed E-state index contributed by atoms with van der Waals surface area (Å²) in [5.41, 5.74) is 0. The Kier molecular flexibility index (Phi) is 2.21. The maximum atomic E-state index is 11.3. The number of amides is 1. The second kappa shape index (κ2) is 3.23. The molecule has 0 aliphatic carbocycles. The van der Waals surface area contributed by atoms with Crippen LogP contribution in [0.3, 0.4) is 0 Å². The molecule has 3 unspecified atom stereocenters. The van der Waals surface area contributed by atoms with E-state index in [-0.39, 0.29) is 24.2 Å². The number of thiocarbonyl (C=S) groups is 1. The van der Waals surface area contributed by atoms with E-state index in [4.69, 9.17) is 17.0 Å². The van der Waals surface area contributed by atoms with E-state index in [1.54, 1.807) is 0 Å². The fourth-order valence-corrected chi connectivity index (χ4v) is 2.00. The number of hydrogen-bond donors (Lipinski definition) is 2. The third-order valence-corrected chi connectivity index (χ3v) is 2.66. The zero-order chi connectivity index (χ0) is 9.42. The molecule has 0 aromatic carbocycles. The van der Waals surface area contributed by atoms with Crippen LogP contribution in [0.4, 0.5) is 0 Å². The summed E-state index contributed by atoms with van der Waals surface area (Å²) in [6.45, 7) is 2.02. The van der Waals surface area contributed by atoms with Gasteiger partial charge in [-0.25, -0.2) is 0 Å². The molecule has 2 saturated heterocycles. The van der Waals surface area contributed by atoms with Crippen molar-refractivity contribution in [2.45, 2.75) is 38.0 Å². The molecule has 2 rings (SSSR count). The highest BCUT2D eigenvalue weighted by molar-refractivity contribution is 7.80. The van der Waals surface area contributed by atoms with Gasteiger partial charge < -0.3 is 15.4 Å². The molecule has 1 amide bonds. The highest BCUT2D eigenvalue weighted by Crippen LogP contribution is 2.22. The molecule has 2 fully saturated rings. The molecule has 0 aromatic heterocycles. The number of ether oxygens (including phenoxy) is 1. The van der Waals surface area contributed by atoms with Crippen LogP contribution in [-0.2, 0) is 9.53 Å². The van der Waals surface area contributed by atoms with Gasteiger partial charge in [0.05, 0.1) is 12.2 Å². The average Bonchev–Trinajstić information content (AvgIpc) is 2.58. The third kappa shape index (κ3) is 1.66. The van der Waals surface area contributed by atoms with Gasteiger partial charge in [-0.3, -0.25) is 4.79 Å². The lowest BCUT2D eigenvalue weighted by atomic mass is 10.1. The second-order valence-corrected chi connectivity index (χ2v) is 3.91. The topological polar surface area (TPSA) is 50.4 Å². The second-order valence-electron chi connectivity index (χ2n) is 3.50. The molecular weight excluding hydrogens is 188 g/mol. The van der Waals surface area contributed by atoms with Gasteiger partial charge in [0.25, 0.3) is 5.91 Å². The van der Waals surface area contributed by atoms with Gasteiger partial charge in [0.1, 0.15) is 6.04 Å². The first-order valence-corrected chi connectivity index (χ1v) is 4.84. The Labute approximate surface area is 82.0 Å². The number of nitrogens with one attached hydrogen (secondary N) is 2. The predicted molar refractivity (Wildman–Crippen MR) is 51.2 cm³/mol. The zero-order valence-electron chi connectivity index (χ0n) is 7.37. The molecule has 2 aliphatic heterocycles. The average molecular weight is 200 g/mol. The fourth-order valence-electron chi connectivity index (χ4n) is 1.77. The van der Waals surface area contributed by atoms with E-state index >= 15 is 0 Å². The fraction of sp³-hybridized carbons (Fsp3) is 0.750. The van der Waals surface area contributed by atoms with Crippen molar-refractivity contribution in [2.75, 3.05) is 0 Å². The molecule has 4 nitrogen and oxygen atoms in total.